The summed E-state index contributed by atoms with van der Waals surface area (Å²) in [7, 11) is 0. The fraction of sp³-hybridized carbons (Fsp3) is 0.353. The Hall–Kier alpha value is -2.42. The highest BCUT2D eigenvalue weighted by Crippen LogP contribution is 2.33. The Labute approximate surface area is 151 Å². The van der Waals surface area contributed by atoms with Gasteiger partial charge in [-0.1, -0.05) is 26.0 Å². The van der Waals surface area contributed by atoms with Crippen molar-refractivity contribution in [2.75, 3.05) is 0 Å². The van der Waals surface area contributed by atoms with Crippen molar-refractivity contribution in [1.82, 2.24) is 10.3 Å². The Kier molecular flexibility index (Phi) is 6.01. The predicted molar refractivity (Wildman–Crippen MR) is 90.7 cm³/mol. The number of nitrogens with one attached hydrogen (secondary N) is 1. The van der Waals surface area contributed by atoms with Gasteiger partial charge in [-0.05, 0) is 18.1 Å². The van der Waals surface area contributed by atoms with Crippen LogP contribution in [0.1, 0.15) is 25.1 Å². The number of carboxylic acids is 1. The van der Waals surface area contributed by atoms with Crippen molar-refractivity contribution in [3.63, 3.8) is 0 Å². The van der Waals surface area contributed by atoms with Gasteiger partial charge in [0.1, 0.15) is 11.0 Å². The van der Waals surface area contributed by atoms with Crippen LogP contribution in [0, 0.1) is 5.92 Å². The Balaban J connectivity index is 2.11. The summed E-state index contributed by atoms with van der Waals surface area (Å²) in [4.78, 5) is 27.3. The third kappa shape index (κ3) is 5.04. The van der Waals surface area contributed by atoms with E-state index in [0.29, 0.717) is 16.3 Å². The Morgan fingerprint density at radius 3 is 2.58 bits per heavy atom. The van der Waals surface area contributed by atoms with Crippen molar-refractivity contribution >= 4 is 23.2 Å². The molecule has 0 radical (unpaired) electrons. The van der Waals surface area contributed by atoms with Crippen LogP contribution in [0.4, 0.5) is 13.2 Å². The first-order valence-corrected chi connectivity index (χ1v) is 8.60. The van der Waals surface area contributed by atoms with Crippen LogP contribution >= 0.6 is 11.3 Å². The van der Waals surface area contributed by atoms with Crippen LogP contribution in [0.5, 0.6) is 0 Å². The summed E-state index contributed by atoms with van der Waals surface area (Å²) < 4.78 is 38.4. The van der Waals surface area contributed by atoms with Gasteiger partial charge in [0.25, 0.3) is 0 Å². The summed E-state index contributed by atoms with van der Waals surface area (Å²) in [6.07, 6.45) is -4.59. The third-order valence-corrected chi connectivity index (χ3v) is 4.52. The molecular formula is C17H17F3N2O3S. The molecule has 9 heteroatoms. The molecule has 140 valence electrons. The molecule has 1 heterocycles. The summed E-state index contributed by atoms with van der Waals surface area (Å²) in [5.41, 5.74) is -0.0967. The van der Waals surface area contributed by atoms with Crippen LogP contribution < -0.4 is 5.32 Å². The molecule has 0 aliphatic heterocycles. The molecule has 2 N–H and O–H groups in total. The van der Waals surface area contributed by atoms with Crippen LogP contribution in [0.25, 0.3) is 10.6 Å². The lowest BCUT2D eigenvalue weighted by molar-refractivity contribution is -0.143. The Morgan fingerprint density at radius 2 is 2.00 bits per heavy atom. The zero-order valence-corrected chi connectivity index (χ0v) is 14.8. The van der Waals surface area contributed by atoms with Crippen LogP contribution in [0.15, 0.2) is 29.6 Å². The molecule has 0 unspecified atom stereocenters. The van der Waals surface area contributed by atoms with Gasteiger partial charge in [0.05, 0.1) is 17.7 Å². The fourth-order valence-electron chi connectivity index (χ4n) is 2.25. The number of halogens is 3. The van der Waals surface area contributed by atoms with E-state index < -0.39 is 29.7 Å². The maximum absolute atomic E-state index is 12.8. The highest BCUT2D eigenvalue weighted by Gasteiger charge is 2.30. The minimum atomic E-state index is -4.45. The van der Waals surface area contributed by atoms with Crippen molar-refractivity contribution in [2.45, 2.75) is 32.5 Å². The van der Waals surface area contributed by atoms with Gasteiger partial charge >= 0.3 is 12.1 Å². The van der Waals surface area contributed by atoms with E-state index >= 15 is 0 Å². The molecular weight excluding hydrogens is 369 g/mol. The average molecular weight is 386 g/mol. The normalized spacial score (nSPS) is 12.8. The SMILES string of the molecule is CC(C)[C@H](NC(=O)Cc1csc(-c2cccc(C(F)(F)F)c2)n1)C(=O)O. The number of amides is 1. The molecule has 1 atom stereocenters. The van der Waals surface area contributed by atoms with E-state index in [0.717, 1.165) is 23.5 Å². The first-order valence-electron chi connectivity index (χ1n) is 7.72. The number of thiazole rings is 1. The molecule has 0 spiro atoms. The van der Waals surface area contributed by atoms with Gasteiger partial charge in [-0.3, -0.25) is 4.79 Å². The molecule has 2 rings (SSSR count). The number of rotatable bonds is 6. The number of carbonyl (C=O) groups excluding carboxylic acids is 1. The van der Waals surface area contributed by atoms with Gasteiger partial charge in [-0.2, -0.15) is 13.2 Å². The lowest BCUT2D eigenvalue weighted by atomic mass is 10.0. The zero-order valence-electron chi connectivity index (χ0n) is 14.0. The zero-order chi connectivity index (χ0) is 19.5. The molecule has 0 fully saturated rings. The maximum atomic E-state index is 12.8. The Morgan fingerprint density at radius 1 is 1.31 bits per heavy atom. The van der Waals surface area contributed by atoms with Crippen molar-refractivity contribution in [1.29, 1.82) is 0 Å². The van der Waals surface area contributed by atoms with Crippen molar-refractivity contribution < 1.29 is 27.9 Å². The first-order chi connectivity index (χ1) is 12.1. The standard InChI is InChI=1S/C17H17F3N2O3S/c1-9(2)14(16(24)25)22-13(23)7-12-8-26-15(21-12)10-4-3-5-11(6-10)17(18,19)20/h3-6,8-9,14H,7H2,1-2H3,(H,22,23)(H,24,25)/t14-/m0/s1. The number of carbonyl (C=O) groups is 2. The maximum Gasteiger partial charge on any atom is 0.416 e. The number of aliphatic carboxylic acids is 1. The summed E-state index contributed by atoms with van der Waals surface area (Å²) in [6.45, 7) is 3.35. The van der Waals surface area contributed by atoms with Gasteiger partial charge < -0.3 is 10.4 Å². The molecule has 1 amide bonds. The minimum absolute atomic E-state index is 0.147. The highest BCUT2D eigenvalue weighted by molar-refractivity contribution is 7.13. The molecule has 5 nitrogen and oxygen atoms in total. The van der Waals surface area contributed by atoms with E-state index in [4.69, 9.17) is 5.11 Å². The largest absolute Gasteiger partial charge is 0.480 e. The number of benzene rings is 1. The van der Waals surface area contributed by atoms with Gasteiger partial charge in [0, 0.05) is 10.9 Å². The topological polar surface area (TPSA) is 79.3 Å². The molecule has 0 bridgehead atoms. The van der Waals surface area contributed by atoms with Crippen LogP contribution in [0.3, 0.4) is 0 Å². The van der Waals surface area contributed by atoms with Crippen molar-refractivity contribution in [3.8, 4) is 10.6 Å². The average Bonchev–Trinajstić information content (AvgIpc) is 3.00. The number of hydrogen-bond donors (Lipinski definition) is 2. The second-order valence-electron chi connectivity index (χ2n) is 6.03. The van der Waals surface area contributed by atoms with E-state index in [1.165, 1.54) is 12.1 Å². The smallest absolute Gasteiger partial charge is 0.416 e. The van der Waals surface area contributed by atoms with Gasteiger partial charge in [0.2, 0.25) is 5.91 Å². The summed E-state index contributed by atoms with van der Waals surface area (Å²) in [5.74, 6) is -1.92. The van der Waals surface area contributed by atoms with Crippen LogP contribution in [0.2, 0.25) is 0 Å². The van der Waals surface area contributed by atoms with Gasteiger partial charge in [-0.15, -0.1) is 11.3 Å². The predicted octanol–water partition coefficient (Wildman–Crippen LogP) is 3.60. The monoisotopic (exact) mass is 386 g/mol. The molecule has 0 saturated heterocycles. The Bertz CT molecular complexity index is 803. The number of alkyl halides is 3. The number of carboxylic acid groups (broad SMARTS) is 1. The van der Waals surface area contributed by atoms with E-state index in [1.807, 2.05) is 0 Å². The molecule has 26 heavy (non-hydrogen) atoms. The summed E-state index contributed by atoms with van der Waals surface area (Å²) in [5, 5.41) is 13.4. The van der Waals surface area contributed by atoms with Crippen LogP contribution in [-0.4, -0.2) is 28.0 Å². The molecule has 0 aliphatic rings. The minimum Gasteiger partial charge on any atom is -0.480 e. The second kappa shape index (κ2) is 7.86. The van der Waals surface area contributed by atoms with E-state index in [1.54, 1.807) is 19.2 Å². The number of hydrogen-bond acceptors (Lipinski definition) is 4. The third-order valence-electron chi connectivity index (χ3n) is 3.58. The second-order valence-corrected chi connectivity index (χ2v) is 6.88. The van der Waals surface area contributed by atoms with E-state index in [9.17, 15) is 22.8 Å². The quantitative estimate of drug-likeness (QED) is 0.795. The highest BCUT2D eigenvalue weighted by atomic mass is 32.1. The van der Waals surface area contributed by atoms with Crippen LogP contribution in [-0.2, 0) is 22.2 Å². The summed E-state index contributed by atoms with van der Waals surface area (Å²) in [6, 6.07) is 3.78. The van der Waals surface area contributed by atoms with E-state index in [-0.39, 0.29) is 12.3 Å². The van der Waals surface area contributed by atoms with Crippen molar-refractivity contribution in [3.05, 3.63) is 40.9 Å². The summed E-state index contributed by atoms with van der Waals surface area (Å²) >= 11 is 1.12. The molecule has 0 saturated carbocycles. The first kappa shape index (κ1) is 19.9. The van der Waals surface area contributed by atoms with E-state index in [2.05, 4.69) is 10.3 Å². The number of aromatic nitrogens is 1. The van der Waals surface area contributed by atoms with Gasteiger partial charge in [0.15, 0.2) is 0 Å². The lowest BCUT2D eigenvalue weighted by Gasteiger charge is -2.17. The van der Waals surface area contributed by atoms with Crippen molar-refractivity contribution in [2.24, 2.45) is 5.92 Å². The lowest BCUT2D eigenvalue weighted by Crippen LogP contribution is -2.44. The van der Waals surface area contributed by atoms with Gasteiger partial charge in [-0.25, -0.2) is 9.78 Å². The number of nitrogens with zero attached hydrogens (tertiary/aromatic N) is 1. The molecule has 1 aromatic carbocycles. The molecule has 2 aromatic rings. The fourth-order valence-corrected chi connectivity index (χ4v) is 3.07. The molecule has 1 aromatic heterocycles. The molecule has 0 aliphatic carbocycles.